The lowest BCUT2D eigenvalue weighted by atomic mass is 9.86. The van der Waals surface area contributed by atoms with Crippen molar-refractivity contribution in [3.63, 3.8) is 0 Å². The predicted molar refractivity (Wildman–Crippen MR) is 113 cm³/mol. The lowest BCUT2D eigenvalue weighted by Gasteiger charge is -2.30. The van der Waals surface area contributed by atoms with Crippen LogP contribution in [0.1, 0.15) is 46.5 Å². The minimum atomic E-state index is -0.215. The Kier molecular flexibility index (Phi) is 6.99. The summed E-state index contributed by atoms with van der Waals surface area (Å²) in [5, 5.41) is 12.5. The van der Waals surface area contributed by atoms with Crippen LogP contribution < -0.4 is 10.1 Å². The van der Waals surface area contributed by atoms with E-state index in [1.54, 1.807) is 7.11 Å². The molecule has 6 nitrogen and oxygen atoms in total. The summed E-state index contributed by atoms with van der Waals surface area (Å²) in [7, 11) is 1.65. The third kappa shape index (κ3) is 4.69. The summed E-state index contributed by atoms with van der Waals surface area (Å²) >= 11 is 1.47. The molecule has 7 heteroatoms. The van der Waals surface area contributed by atoms with Gasteiger partial charge in [-0.3, -0.25) is 4.79 Å². The lowest BCUT2D eigenvalue weighted by Crippen LogP contribution is -2.44. The van der Waals surface area contributed by atoms with Crippen LogP contribution in [0.25, 0.3) is 11.4 Å². The fourth-order valence-corrected chi connectivity index (χ4v) is 4.58. The maximum Gasteiger partial charge on any atom is 0.233 e. The zero-order valence-corrected chi connectivity index (χ0v) is 18.0. The quantitative estimate of drug-likeness (QED) is 0.705. The van der Waals surface area contributed by atoms with Gasteiger partial charge in [0.25, 0.3) is 0 Å². The molecule has 152 valence electrons. The standard InChI is InChI=1S/C21H30N4O2S/c1-5-25-19(16-10-12-17(27-4)13-11-16)23-24-21(25)28-15(3)20(26)22-18-9-7-6-8-14(18)2/h10-15,18H,5-9H2,1-4H3,(H,22,26)/t14-,15-,18+/m0/s1. The topological polar surface area (TPSA) is 69.0 Å². The molecule has 3 rings (SSSR count). The van der Waals surface area contributed by atoms with E-state index in [2.05, 4.69) is 33.9 Å². The normalized spacial score (nSPS) is 20.6. The van der Waals surface area contributed by atoms with E-state index >= 15 is 0 Å². The number of aromatic nitrogens is 3. The maximum atomic E-state index is 12.7. The molecule has 0 spiro atoms. The van der Waals surface area contributed by atoms with Gasteiger partial charge in [0.2, 0.25) is 5.91 Å². The summed E-state index contributed by atoms with van der Waals surface area (Å²) in [6.45, 7) is 6.98. The smallest absolute Gasteiger partial charge is 0.233 e. The number of rotatable bonds is 7. The van der Waals surface area contributed by atoms with E-state index in [9.17, 15) is 4.79 Å². The first kappa shape index (κ1) is 20.7. The van der Waals surface area contributed by atoms with Gasteiger partial charge < -0.3 is 14.6 Å². The van der Waals surface area contributed by atoms with Crippen LogP contribution >= 0.6 is 11.8 Å². The molecule has 3 atom stereocenters. The molecule has 1 aliphatic rings. The number of carbonyl (C=O) groups is 1. The summed E-state index contributed by atoms with van der Waals surface area (Å²) in [5.41, 5.74) is 0.982. The molecule has 1 amide bonds. The summed E-state index contributed by atoms with van der Waals surface area (Å²) in [5.74, 6) is 2.25. The first-order valence-corrected chi connectivity index (χ1v) is 11.0. The Bertz CT molecular complexity index is 790. The summed E-state index contributed by atoms with van der Waals surface area (Å²) in [4.78, 5) is 12.7. The highest BCUT2D eigenvalue weighted by Gasteiger charge is 2.26. The molecule has 28 heavy (non-hydrogen) atoms. The van der Waals surface area contributed by atoms with Crippen molar-refractivity contribution in [2.75, 3.05) is 7.11 Å². The molecule has 1 fully saturated rings. The van der Waals surface area contributed by atoms with E-state index in [0.29, 0.717) is 12.0 Å². The van der Waals surface area contributed by atoms with Crippen LogP contribution in [0.3, 0.4) is 0 Å². The van der Waals surface area contributed by atoms with Gasteiger partial charge in [0, 0.05) is 18.2 Å². The molecule has 1 aromatic carbocycles. The number of thioether (sulfide) groups is 1. The highest BCUT2D eigenvalue weighted by atomic mass is 32.2. The summed E-state index contributed by atoms with van der Waals surface area (Å²) in [6.07, 6.45) is 4.75. The van der Waals surface area contributed by atoms with Crippen molar-refractivity contribution in [3.8, 4) is 17.1 Å². The molecule has 0 radical (unpaired) electrons. The van der Waals surface area contributed by atoms with Crippen molar-refractivity contribution in [3.05, 3.63) is 24.3 Å². The van der Waals surface area contributed by atoms with Gasteiger partial charge in [0.15, 0.2) is 11.0 Å². The van der Waals surface area contributed by atoms with Crippen LogP contribution in [0.15, 0.2) is 29.4 Å². The average Bonchev–Trinajstić information content (AvgIpc) is 3.12. The first-order chi connectivity index (χ1) is 13.5. The molecular formula is C21H30N4O2S. The Morgan fingerprint density at radius 1 is 1.29 bits per heavy atom. The number of carbonyl (C=O) groups excluding carboxylic acids is 1. The number of nitrogens with zero attached hydrogens (tertiary/aromatic N) is 3. The summed E-state index contributed by atoms with van der Waals surface area (Å²) in [6, 6.07) is 8.08. The number of nitrogens with one attached hydrogen (secondary N) is 1. The van der Waals surface area contributed by atoms with Crippen LogP contribution in [0.2, 0.25) is 0 Å². The maximum absolute atomic E-state index is 12.7. The molecule has 1 saturated carbocycles. The van der Waals surface area contributed by atoms with Crippen LogP contribution in [0.5, 0.6) is 5.75 Å². The van der Waals surface area contributed by atoms with Crippen molar-refractivity contribution in [2.24, 2.45) is 5.92 Å². The number of ether oxygens (including phenoxy) is 1. The Balaban J connectivity index is 1.69. The Morgan fingerprint density at radius 2 is 2.00 bits per heavy atom. The highest BCUT2D eigenvalue weighted by Crippen LogP contribution is 2.29. The van der Waals surface area contributed by atoms with Gasteiger partial charge in [0.05, 0.1) is 12.4 Å². The molecule has 0 bridgehead atoms. The minimum absolute atomic E-state index is 0.0837. The van der Waals surface area contributed by atoms with Gasteiger partial charge in [-0.25, -0.2) is 0 Å². The molecule has 0 aliphatic heterocycles. The third-order valence-electron chi connectivity index (χ3n) is 5.47. The largest absolute Gasteiger partial charge is 0.497 e. The Labute approximate surface area is 171 Å². The second kappa shape index (κ2) is 9.45. The Hall–Kier alpha value is -2.02. The zero-order valence-electron chi connectivity index (χ0n) is 17.1. The van der Waals surface area contributed by atoms with Crippen molar-refractivity contribution in [1.29, 1.82) is 0 Å². The molecule has 1 heterocycles. The lowest BCUT2D eigenvalue weighted by molar-refractivity contribution is -0.121. The van der Waals surface area contributed by atoms with Gasteiger partial charge in [-0.2, -0.15) is 0 Å². The molecule has 0 saturated heterocycles. The SMILES string of the molecule is CCn1c(S[C@@H](C)C(=O)N[C@@H]2CCCC[C@@H]2C)nnc1-c1ccc(OC)cc1. The van der Waals surface area contributed by atoms with E-state index in [4.69, 9.17) is 4.74 Å². The van der Waals surface area contributed by atoms with E-state index in [1.165, 1.54) is 31.0 Å². The van der Waals surface area contributed by atoms with E-state index in [1.807, 2.05) is 31.2 Å². The average molecular weight is 403 g/mol. The number of amides is 1. The number of methoxy groups -OCH3 is 1. The molecule has 1 aromatic heterocycles. The summed E-state index contributed by atoms with van der Waals surface area (Å²) < 4.78 is 7.28. The van der Waals surface area contributed by atoms with Gasteiger partial charge in [-0.05, 0) is 56.9 Å². The molecular weight excluding hydrogens is 372 g/mol. The zero-order chi connectivity index (χ0) is 20.1. The number of hydrogen-bond donors (Lipinski definition) is 1. The van der Waals surface area contributed by atoms with Gasteiger partial charge in [-0.15, -0.1) is 10.2 Å². The fourth-order valence-electron chi connectivity index (χ4n) is 3.66. The van der Waals surface area contributed by atoms with Gasteiger partial charge >= 0.3 is 0 Å². The monoisotopic (exact) mass is 402 g/mol. The van der Waals surface area contributed by atoms with Gasteiger partial charge in [-0.1, -0.05) is 31.5 Å². The molecule has 1 N–H and O–H groups in total. The van der Waals surface area contributed by atoms with E-state index < -0.39 is 0 Å². The molecule has 0 unspecified atom stereocenters. The highest BCUT2D eigenvalue weighted by molar-refractivity contribution is 8.00. The van der Waals surface area contributed by atoms with Crippen LogP contribution in [0.4, 0.5) is 0 Å². The van der Waals surface area contributed by atoms with Gasteiger partial charge in [0.1, 0.15) is 5.75 Å². The van der Waals surface area contributed by atoms with Crippen LogP contribution in [-0.2, 0) is 11.3 Å². The van der Waals surface area contributed by atoms with E-state index in [-0.39, 0.29) is 11.2 Å². The van der Waals surface area contributed by atoms with Crippen molar-refractivity contribution >= 4 is 17.7 Å². The number of benzene rings is 1. The van der Waals surface area contributed by atoms with Crippen LogP contribution in [0, 0.1) is 5.92 Å². The van der Waals surface area contributed by atoms with Crippen molar-refractivity contribution < 1.29 is 9.53 Å². The Morgan fingerprint density at radius 3 is 2.64 bits per heavy atom. The second-order valence-corrected chi connectivity index (χ2v) is 8.72. The second-order valence-electron chi connectivity index (χ2n) is 7.42. The predicted octanol–water partition coefficient (Wildman–Crippen LogP) is 4.15. The minimum Gasteiger partial charge on any atom is -0.497 e. The van der Waals surface area contributed by atoms with Crippen molar-refractivity contribution in [1.82, 2.24) is 20.1 Å². The first-order valence-electron chi connectivity index (χ1n) is 10.1. The fraction of sp³-hybridized carbons (Fsp3) is 0.571. The van der Waals surface area contributed by atoms with E-state index in [0.717, 1.165) is 35.3 Å². The third-order valence-corrected chi connectivity index (χ3v) is 6.55. The van der Waals surface area contributed by atoms with Crippen molar-refractivity contribution in [2.45, 2.75) is 69.4 Å². The molecule has 2 aromatic rings. The van der Waals surface area contributed by atoms with Crippen LogP contribution in [-0.4, -0.2) is 39.1 Å². The number of hydrogen-bond acceptors (Lipinski definition) is 5. The molecule has 1 aliphatic carbocycles.